The summed E-state index contributed by atoms with van der Waals surface area (Å²) < 4.78 is 136. The Morgan fingerprint density at radius 3 is 2.14 bits per heavy atom. The van der Waals surface area contributed by atoms with Gasteiger partial charge in [-0.15, -0.1) is 9.24 Å². The molecule has 0 aromatic heterocycles. The largest absolute Gasteiger partial charge is 0.435 e. The minimum absolute atomic E-state index is 0.130. The van der Waals surface area contributed by atoms with E-state index in [9.17, 15) is 53.1 Å². The number of benzene rings is 2. The van der Waals surface area contributed by atoms with Crippen LogP contribution < -0.4 is 0 Å². The van der Waals surface area contributed by atoms with Crippen molar-refractivity contribution in [2.75, 3.05) is 6.54 Å². The van der Waals surface area contributed by atoms with Crippen LogP contribution in [0.25, 0.3) is 0 Å². The number of likely N-dealkylation sites (tertiary alicyclic amines) is 1. The van der Waals surface area contributed by atoms with Gasteiger partial charge in [0.1, 0.15) is 16.3 Å². The number of Topliss-reactive ketones (excluding diaryl/α,β-unsaturated/α-hetero) is 1. The minimum Gasteiger partial charge on any atom is -0.337 e. The molecule has 2 aromatic carbocycles. The monoisotopic (exact) mass is 657 g/mol. The molecular formula is C28H28F8NO4PS. The van der Waals surface area contributed by atoms with E-state index in [1.165, 1.54) is 11.8 Å². The van der Waals surface area contributed by atoms with Crippen molar-refractivity contribution in [2.24, 2.45) is 5.92 Å². The summed E-state index contributed by atoms with van der Waals surface area (Å²) in [7, 11) is -2.25. The van der Waals surface area contributed by atoms with Crippen LogP contribution in [0, 0.1) is 11.7 Å². The molecule has 2 aliphatic rings. The van der Waals surface area contributed by atoms with Crippen LogP contribution in [0.4, 0.5) is 35.1 Å². The van der Waals surface area contributed by atoms with Crippen molar-refractivity contribution < 1.29 is 53.1 Å². The maximum Gasteiger partial charge on any atom is 0.435 e. The Kier molecular flexibility index (Phi) is 8.58. The Balaban J connectivity index is 1.89. The quantitative estimate of drug-likeness (QED) is 0.202. The number of rotatable bonds is 7. The van der Waals surface area contributed by atoms with Gasteiger partial charge in [-0.3, -0.25) is 9.59 Å². The molecule has 0 N–H and O–H groups in total. The van der Waals surface area contributed by atoms with Crippen LogP contribution in [-0.2, 0) is 36.3 Å². The standard InChI is InChI=1S/C28H28F8NO4PS/c1-15(13-22(42)16(2)38)24(39)37-12-11-25(43(40,41)20-7-5-19(29)6-8-20)21-9-4-18(14-17(21)3-10-23(25)37)26(30,27(31,32)33)28(34,35)36/h4-9,14-15,22-23H,3,10-13,42H2,1-2H3/t15?,22?,23-,25-/m1/s1. The number of hydrogen-bond acceptors (Lipinski definition) is 4. The Hall–Kier alpha value is -2.60. The third-order valence-electron chi connectivity index (χ3n) is 8.50. The van der Waals surface area contributed by atoms with Crippen molar-refractivity contribution in [3.8, 4) is 0 Å². The molecule has 0 radical (unpaired) electrons. The zero-order chi connectivity index (χ0) is 32.3. The second-order valence-electron chi connectivity index (χ2n) is 11.1. The van der Waals surface area contributed by atoms with E-state index in [1.54, 1.807) is 6.92 Å². The number of carbonyl (C=O) groups excluding carboxylic acids is 2. The van der Waals surface area contributed by atoms with Gasteiger partial charge in [0, 0.05) is 23.7 Å². The highest BCUT2D eigenvalue weighted by Gasteiger charge is 2.74. The third-order valence-corrected chi connectivity index (χ3v) is 11.8. The van der Waals surface area contributed by atoms with E-state index in [1.807, 2.05) is 0 Å². The summed E-state index contributed by atoms with van der Waals surface area (Å²) in [6.45, 7) is 2.78. The predicted octanol–water partition coefficient (Wildman–Crippen LogP) is 6.19. The zero-order valence-electron chi connectivity index (χ0n) is 22.9. The molecule has 1 aliphatic carbocycles. The van der Waals surface area contributed by atoms with Gasteiger partial charge in [0.2, 0.25) is 5.91 Å². The Morgan fingerprint density at radius 2 is 1.60 bits per heavy atom. The second kappa shape index (κ2) is 11.1. The van der Waals surface area contributed by atoms with Crippen LogP contribution in [0.3, 0.4) is 0 Å². The van der Waals surface area contributed by atoms with Gasteiger partial charge >= 0.3 is 18.0 Å². The number of carbonyl (C=O) groups is 2. The number of ketones is 1. The average molecular weight is 658 g/mol. The van der Waals surface area contributed by atoms with Crippen LogP contribution in [0.1, 0.15) is 49.8 Å². The Morgan fingerprint density at radius 1 is 1.02 bits per heavy atom. The number of sulfone groups is 1. The molecule has 43 heavy (non-hydrogen) atoms. The first-order chi connectivity index (χ1) is 19.7. The van der Waals surface area contributed by atoms with Crippen molar-refractivity contribution >= 4 is 30.8 Å². The van der Waals surface area contributed by atoms with E-state index in [-0.39, 0.29) is 60.1 Å². The van der Waals surface area contributed by atoms with Crippen molar-refractivity contribution in [1.29, 1.82) is 0 Å². The molecule has 0 spiro atoms. The van der Waals surface area contributed by atoms with Crippen LogP contribution in [0.15, 0.2) is 47.4 Å². The molecule has 1 heterocycles. The summed E-state index contributed by atoms with van der Waals surface area (Å²) in [5.41, 5.74) is -8.40. The molecule has 0 saturated carbocycles. The van der Waals surface area contributed by atoms with Crippen molar-refractivity contribution in [3.05, 3.63) is 65.0 Å². The van der Waals surface area contributed by atoms with E-state index in [0.29, 0.717) is 6.07 Å². The highest BCUT2D eigenvalue weighted by Crippen LogP contribution is 2.56. The lowest BCUT2D eigenvalue weighted by Gasteiger charge is -2.43. The first-order valence-electron chi connectivity index (χ1n) is 13.2. The van der Waals surface area contributed by atoms with Crippen molar-refractivity contribution in [2.45, 2.75) is 78.9 Å². The van der Waals surface area contributed by atoms with Gasteiger partial charge in [-0.25, -0.2) is 17.2 Å². The van der Waals surface area contributed by atoms with Crippen molar-refractivity contribution in [3.63, 3.8) is 0 Å². The van der Waals surface area contributed by atoms with Crippen molar-refractivity contribution in [1.82, 2.24) is 4.90 Å². The van der Waals surface area contributed by atoms with Gasteiger partial charge in [-0.2, -0.15) is 26.3 Å². The molecule has 4 rings (SSSR count). The van der Waals surface area contributed by atoms with Gasteiger partial charge in [0.15, 0.2) is 9.84 Å². The van der Waals surface area contributed by atoms with Gasteiger partial charge in [-0.1, -0.05) is 25.1 Å². The lowest BCUT2D eigenvalue weighted by molar-refractivity contribution is -0.348. The molecule has 236 valence electrons. The number of amides is 1. The van der Waals surface area contributed by atoms with Gasteiger partial charge < -0.3 is 4.90 Å². The molecule has 1 amide bonds. The molecule has 5 nitrogen and oxygen atoms in total. The fraction of sp³-hybridized carbons (Fsp3) is 0.500. The number of nitrogens with zero attached hydrogens (tertiary/aromatic N) is 1. The molecule has 1 fully saturated rings. The summed E-state index contributed by atoms with van der Waals surface area (Å²) in [5.74, 6) is -2.16. The lowest BCUT2D eigenvalue weighted by atomic mass is 9.76. The molecule has 1 saturated heterocycles. The van der Waals surface area contributed by atoms with Crippen LogP contribution in [0.5, 0.6) is 0 Å². The molecule has 3 unspecified atom stereocenters. The number of alkyl halides is 7. The molecule has 2 aromatic rings. The summed E-state index contributed by atoms with van der Waals surface area (Å²) in [6.07, 6.45) is -13.3. The fourth-order valence-corrected chi connectivity index (χ4v) is 9.02. The number of aryl methyl sites for hydroxylation is 1. The Bertz CT molecular complexity index is 1510. The van der Waals surface area contributed by atoms with E-state index in [0.717, 1.165) is 30.3 Å². The van der Waals surface area contributed by atoms with Crippen LogP contribution in [-0.4, -0.2) is 55.6 Å². The molecular weight excluding hydrogens is 629 g/mol. The first kappa shape index (κ1) is 33.3. The fourth-order valence-electron chi connectivity index (χ4n) is 6.25. The van der Waals surface area contributed by atoms with Gasteiger partial charge in [0.05, 0.1) is 10.9 Å². The molecule has 5 atom stereocenters. The van der Waals surface area contributed by atoms with Crippen LogP contribution in [0.2, 0.25) is 0 Å². The Labute approximate surface area is 245 Å². The average Bonchev–Trinajstić information content (AvgIpc) is 3.32. The van der Waals surface area contributed by atoms with E-state index >= 15 is 0 Å². The maximum atomic E-state index is 14.9. The first-order valence-corrected chi connectivity index (χ1v) is 15.4. The summed E-state index contributed by atoms with van der Waals surface area (Å²) in [5, 5.41) is 0. The number of halogens is 8. The molecule has 0 bridgehead atoms. The molecule has 1 aliphatic heterocycles. The van der Waals surface area contributed by atoms with E-state index in [4.69, 9.17) is 0 Å². The minimum atomic E-state index is -6.36. The topological polar surface area (TPSA) is 71.5 Å². The highest BCUT2D eigenvalue weighted by molar-refractivity contribution is 7.92. The van der Waals surface area contributed by atoms with Gasteiger partial charge in [-0.05, 0) is 68.0 Å². The summed E-state index contributed by atoms with van der Waals surface area (Å²) in [4.78, 5) is 26.3. The molecule has 15 heteroatoms. The summed E-state index contributed by atoms with van der Waals surface area (Å²) in [6, 6.07) is 4.07. The third kappa shape index (κ3) is 5.26. The smallest absolute Gasteiger partial charge is 0.337 e. The second-order valence-corrected chi connectivity index (χ2v) is 14.1. The van der Waals surface area contributed by atoms with Crippen LogP contribution >= 0.6 is 9.24 Å². The van der Waals surface area contributed by atoms with E-state index in [2.05, 4.69) is 9.24 Å². The number of hydrogen-bond donors (Lipinski definition) is 0. The lowest BCUT2D eigenvalue weighted by Crippen LogP contribution is -2.53. The van der Waals surface area contributed by atoms with Gasteiger partial charge in [0.25, 0.3) is 0 Å². The summed E-state index contributed by atoms with van der Waals surface area (Å²) >= 11 is 0. The highest BCUT2D eigenvalue weighted by atomic mass is 32.2. The predicted molar refractivity (Wildman–Crippen MR) is 143 cm³/mol. The van der Waals surface area contributed by atoms with E-state index < -0.39 is 67.5 Å². The number of fused-ring (bicyclic) bond motifs is 3. The SMILES string of the molecule is CC(=O)C(P)CC(C)C(=O)N1CC[C@@]2(S(=O)(=O)c3ccc(F)cc3)c3ccc(C(F)(C(F)(F)F)C(F)(F)F)cc3CC[C@@H]12. The maximum absolute atomic E-state index is 14.9. The zero-order valence-corrected chi connectivity index (χ0v) is 24.9. The normalized spacial score (nSPS) is 22.5.